The molecule has 0 aliphatic heterocycles. The van der Waals surface area contributed by atoms with Crippen molar-refractivity contribution in [3.8, 4) is 0 Å². The van der Waals surface area contributed by atoms with E-state index in [1.807, 2.05) is 74.5 Å². The normalized spacial score (nSPS) is 12.3. The van der Waals surface area contributed by atoms with Gasteiger partial charge in [-0.3, -0.25) is 8.37 Å². The molecule has 0 spiro atoms. The van der Waals surface area contributed by atoms with E-state index >= 15 is 0 Å². The average molecular weight is 713 g/mol. The summed E-state index contributed by atoms with van der Waals surface area (Å²) in [4.78, 5) is 0.132. The first-order chi connectivity index (χ1) is 23.6. The number of ether oxygens (including phenoxy) is 4. The Kier molecular flexibility index (Phi) is 14.9. The van der Waals surface area contributed by atoms with Gasteiger partial charge in [0.1, 0.15) is 0 Å². The number of aryl methyl sites for hydroxylation is 2. The van der Waals surface area contributed by atoms with Gasteiger partial charge in [0.05, 0.1) is 81.3 Å². The summed E-state index contributed by atoms with van der Waals surface area (Å²) < 4.78 is 85.3. The number of hydrogen-bond donors (Lipinski definition) is 0. The Morgan fingerprint density at radius 1 is 0.449 bits per heavy atom. The van der Waals surface area contributed by atoms with Gasteiger partial charge >= 0.3 is 0 Å². The molecule has 4 rings (SSSR count). The van der Waals surface area contributed by atoms with Crippen molar-refractivity contribution in [1.82, 2.24) is 0 Å². The molecule has 0 saturated heterocycles. The molecule has 0 N–H and O–H groups in total. The van der Waals surface area contributed by atoms with E-state index < -0.39 is 25.7 Å². The molecule has 4 aromatic rings. The van der Waals surface area contributed by atoms with E-state index in [1.165, 1.54) is 24.3 Å². The molecule has 0 fully saturated rings. The maximum atomic E-state index is 12.6. The average Bonchev–Trinajstić information content (AvgIpc) is 3.09. The topological polar surface area (TPSA) is 124 Å². The lowest BCUT2D eigenvalue weighted by molar-refractivity contribution is -0.115. The highest BCUT2D eigenvalue weighted by Gasteiger charge is 2.33. The van der Waals surface area contributed by atoms with Crippen LogP contribution in [0.2, 0.25) is 0 Å². The van der Waals surface area contributed by atoms with E-state index in [4.69, 9.17) is 27.3 Å². The Morgan fingerprint density at radius 2 is 0.796 bits per heavy atom. The lowest BCUT2D eigenvalue weighted by atomic mass is 9.92. The molecule has 0 bridgehead atoms. The molecule has 49 heavy (non-hydrogen) atoms. The van der Waals surface area contributed by atoms with Gasteiger partial charge in [-0.15, -0.1) is 0 Å². The third-order valence-corrected chi connectivity index (χ3v) is 10.1. The first-order valence-corrected chi connectivity index (χ1v) is 18.7. The minimum absolute atomic E-state index is 0.0257. The molecule has 0 aliphatic carbocycles. The summed E-state index contributed by atoms with van der Waals surface area (Å²) in [5, 5.41) is 0. The second-order valence-electron chi connectivity index (χ2n) is 11.7. The van der Waals surface area contributed by atoms with Gasteiger partial charge in [0.15, 0.2) is 0 Å². The standard InChI is InChI=1S/C37H44O10S2/c1-31-13-17-35(18-14-31)48(38,39)46-23-21-42-27-37(29-44-25-33-9-5-3-6-10-33,30-45-26-34-11-7-4-8-12-34)28-43-22-24-47-49(40,41)36-19-15-32(2)16-20-36/h3-20H,21-30H2,1-2H3. The van der Waals surface area contributed by atoms with Gasteiger partial charge in [0.2, 0.25) is 0 Å². The van der Waals surface area contributed by atoms with Crippen molar-refractivity contribution in [3.05, 3.63) is 131 Å². The third-order valence-electron chi connectivity index (χ3n) is 7.41. The Bertz CT molecular complexity index is 1610. The van der Waals surface area contributed by atoms with Crippen LogP contribution in [0.4, 0.5) is 0 Å². The van der Waals surface area contributed by atoms with Crippen LogP contribution in [0.15, 0.2) is 119 Å². The van der Waals surface area contributed by atoms with Gasteiger partial charge in [-0.2, -0.15) is 16.8 Å². The Morgan fingerprint density at radius 3 is 1.16 bits per heavy atom. The van der Waals surface area contributed by atoms with E-state index in [0.717, 1.165) is 22.3 Å². The fourth-order valence-corrected chi connectivity index (χ4v) is 6.48. The largest absolute Gasteiger partial charge is 0.378 e. The zero-order chi connectivity index (χ0) is 35.0. The minimum atomic E-state index is -3.95. The molecular formula is C37H44O10S2. The molecule has 0 radical (unpaired) electrons. The van der Waals surface area contributed by atoms with Gasteiger partial charge in [-0.05, 0) is 49.2 Å². The molecule has 0 aromatic heterocycles. The summed E-state index contributed by atoms with van der Waals surface area (Å²) in [5.41, 5.74) is 2.98. The summed E-state index contributed by atoms with van der Waals surface area (Å²) in [7, 11) is -7.91. The first kappa shape index (κ1) is 38.3. The van der Waals surface area contributed by atoms with Crippen LogP contribution in [0.1, 0.15) is 22.3 Å². The zero-order valence-corrected chi connectivity index (χ0v) is 29.5. The van der Waals surface area contributed by atoms with Crippen molar-refractivity contribution < 1.29 is 44.1 Å². The van der Waals surface area contributed by atoms with Crippen LogP contribution in [-0.4, -0.2) is 69.7 Å². The zero-order valence-electron chi connectivity index (χ0n) is 27.9. The van der Waals surface area contributed by atoms with Gasteiger partial charge in [0, 0.05) is 0 Å². The van der Waals surface area contributed by atoms with Gasteiger partial charge in [0.25, 0.3) is 20.2 Å². The van der Waals surface area contributed by atoms with Crippen molar-refractivity contribution in [2.75, 3.05) is 52.9 Å². The molecule has 12 heteroatoms. The van der Waals surface area contributed by atoms with Crippen LogP contribution in [0.3, 0.4) is 0 Å². The molecule has 10 nitrogen and oxygen atoms in total. The molecule has 0 saturated carbocycles. The smallest absolute Gasteiger partial charge is 0.297 e. The van der Waals surface area contributed by atoms with Crippen LogP contribution in [0.5, 0.6) is 0 Å². The van der Waals surface area contributed by atoms with E-state index in [1.54, 1.807) is 24.3 Å². The highest BCUT2D eigenvalue weighted by atomic mass is 32.2. The van der Waals surface area contributed by atoms with Crippen molar-refractivity contribution in [1.29, 1.82) is 0 Å². The van der Waals surface area contributed by atoms with Crippen molar-refractivity contribution >= 4 is 20.2 Å². The second kappa shape index (κ2) is 19.1. The van der Waals surface area contributed by atoms with Crippen LogP contribution >= 0.6 is 0 Å². The van der Waals surface area contributed by atoms with Gasteiger partial charge in [-0.25, -0.2) is 0 Å². The van der Waals surface area contributed by atoms with E-state index in [-0.39, 0.29) is 62.6 Å². The molecule has 0 unspecified atom stereocenters. The number of hydrogen-bond acceptors (Lipinski definition) is 10. The molecule has 0 atom stereocenters. The SMILES string of the molecule is Cc1ccc(S(=O)(=O)OCCOCC(COCCOS(=O)(=O)c2ccc(C)cc2)(COCc2ccccc2)COCc2ccccc2)cc1. The van der Waals surface area contributed by atoms with Crippen molar-refractivity contribution in [2.45, 2.75) is 36.9 Å². The van der Waals surface area contributed by atoms with Crippen molar-refractivity contribution in [2.24, 2.45) is 5.41 Å². The Hall–Kier alpha value is -3.46. The molecule has 4 aromatic carbocycles. The van der Waals surface area contributed by atoms with Crippen LogP contribution < -0.4 is 0 Å². The minimum Gasteiger partial charge on any atom is -0.378 e. The monoisotopic (exact) mass is 712 g/mol. The Balaban J connectivity index is 1.40. The first-order valence-electron chi connectivity index (χ1n) is 15.9. The highest BCUT2D eigenvalue weighted by molar-refractivity contribution is 7.87. The predicted octanol–water partition coefficient (Wildman–Crippen LogP) is 5.87. The molecular weight excluding hydrogens is 669 g/mol. The van der Waals surface area contributed by atoms with E-state index in [9.17, 15) is 16.8 Å². The third kappa shape index (κ3) is 13.1. The molecule has 264 valence electrons. The predicted molar refractivity (Wildman–Crippen MR) is 185 cm³/mol. The van der Waals surface area contributed by atoms with Crippen LogP contribution in [0, 0.1) is 19.3 Å². The van der Waals surface area contributed by atoms with Crippen LogP contribution in [0.25, 0.3) is 0 Å². The quantitative estimate of drug-likeness (QED) is 0.0723. The summed E-state index contributed by atoms with van der Waals surface area (Å²) >= 11 is 0. The lowest BCUT2D eigenvalue weighted by Gasteiger charge is -2.33. The van der Waals surface area contributed by atoms with E-state index in [2.05, 4.69) is 0 Å². The number of benzene rings is 4. The van der Waals surface area contributed by atoms with Crippen molar-refractivity contribution in [3.63, 3.8) is 0 Å². The van der Waals surface area contributed by atoms with Gasteiger partial charge in [-0.1, -0.05) is 96.1 Å². The Labute approximate surface area is 290 Å². The molecule has 0 aliphatic rings. The summed E-state index contributed by atoms with van der Waals surface area (Å²) in [6, 6.07) is 32.2. The maximum Gasteiger partial charge on any atom is 0.297 e. The number of rotatable bonds is 22. The molecule has 0 amide bonds. The summed E-state index contributed by atoms with van der Waals surface area (Å²) in [6.07, 6.45) is 0. The fraction of sp³-hybridized carbons (Fsp3) is 0.351. The van der Waals surface area contributed by atoms with E-state index in [0.29, 0.717) is 13.2 Å². The second-order valence-corrected chi connectivity index (χ2v) is 15.0. The lowest BCUT2D eigenvalue weighted by Crippen LogP contribution is -2.42. The summed E-state index contributed by atoms with van der Waals surface area (Å²) in [5.74, 6) is 0. The fourth-order valence-electron chi connectivity index (χ4n) is 4.70. The van der Waals surface area contributed by atoms with Crippen LogP contribution in [-0.2, 0) is 60.8 Å². The summed E-state index contributed by atoms with van der Waals surface area (Å²) in [6.45, 7) is 4.44. The molecule has 0 heterocycles. The highest BCUT2D eigenvalue weighted by Crippen LogP contribution is 2.23. The van der Waals surface area contributed by atoms with Gasteiger partial charge < -0.3 is 18.9 Å². The maximum absolute atomic E-state index is 12.6.